The van der Waals surface area contributed by atoms with Gasteiger partial charge in [0.05, 0.1) is 4.91 Å². The average Bonchev–Trinajstić information content (AvgIpc) is 3.34. The fraction of sp³-hybridized carbons (Fsp3) is 0.167. The first kappa shape index (κ1) is 23.6. The lowest BCUT2D eigenvalue weighted by atomic mass is 10.1. The Hall–Kier alpha value is -2.52. The van der Waals surface area contributed by atoms with E-state index < -0.39 is 0 Å². The zero-order valence-corrected chi connectivity index (χ0v) is 20.7. The number of carbonyl (C=O) groups is 2. The van der Waals surface area contributed by atoms with E-state index in [1.807, 2.05) is 60.7 Å². The second-order valence-electron chi connectivity index (χ2n) is 7.30. The third kappa shape index (κ3) is 6.29. The summed E-state index contributed by atoms with van der Waals surface area (Å²) in [6.07, 6.45) is 5.04. The highest BCUT2D eigenvalue weighted by Gasteiger charge is 2.31. The number of thiazole rings is 1. The largest absolute Gasteiger partial charge is 0.302 e. The maximum atomic E-state index is 12.7. The van der Waals surface area contributed by atoms with Gasteiger partial charge in [-0.25, -0.2) is 4.98 Å². The monoisotopic (exact) mass is 513 g/mol. The predicted octanol–water partition coefficient (Wildman–Crippen LogP) is 6.01. The van der Waals surface area contributed by atoms with Crippen LogP contribution in [0.4, 0.5) is 5.13 Å². The minimum atomic E-state index is -0.140. The summed E-state index contributed by atoms with van der Waals surface area (Å²) in [5.74, 6) is -0.252. The molecular weight excluding hydrogens is 494 g/mol. The Morgan fingerprint density at radius 1 is 1.15 bits per heavy atom. The summed E-state index contributed by atoms with van der Waals surface area (Å²) in [6.45, 7) is 0.403. The van der Waals surface area contributed by atoms with Crippen molar-refractivity contribution in [2.75, 3.05) is 11.9 Å². The van der Waals surface area contributed by atoms with Crippen molar-refractivity contribution in [3.05, 3.63) is 86.7 Å². The van der Waals surface area contributed by atoms with E-state index in [0.717, 1.165) is 16.0 Å². The number of halogens is 1. The molecule has 9 heteroatoms. The number of amides is 2. The average molecular weight is 514 g/mol. The highest BCUT2D eigenvalue weighted by Crippen LogP contribution is 2.32. The van der Waals surface area contributed by atoms with Crippen LogP contribution in [0.1, 0.15) is 28.8 Å². The van der Waals surface area contributed by atoms with Crippen LogP contribution in [0.3, 0.4) is 0 Å². The first-order chi connectivity index (χ1) is 16.0. The Kier molecular flexibility index (Phi) is 7.93. The van der Waals surface area contributed by atoms with Gasteiger partial charge in [0.2, 0.25) is 5.91 Å². The van der Waals surface area contributed by atoms with Gasteiger partial charge in [-0.15, -0.1) is 11.3 Å². The summed E-state index contributed by atoms with van der Waals surface area (Å²) in [6, 6.07) is 17.3. The molecule has 0 bridgehead atoms. The van der Waals surface area contributed by atoms with Crippen LogP contribution in [0.15, 0.2) is 65.7 Å². The minimum absolute atomic E-state index is 0.113. The topological polar surface area (TPSA) is 62.3 Å². The number of benzene rings is 2. The third-order valence-corrected chi connectivity index (χ3v) is 7.54. The first-order valence-electron chi connectivity index (χ1n) is 10.3. The van der Waals surface area contributed by atoms with E-state index in [0.29, 0.717) is 38.8 Å². The van der Waals surface area contributed by atoms with Gasteiger partial charge in [-0.1, -0.05) is 84.1 Å². The molecule has 0 saturated carbocycles. The molecule has 0 spiro atoms. The molecule has 0 aliphatic carbocycles. The molecule has 0 atom stereocenters. The number of hydrogen-bond donors (Lipinski definition) is 1. The van der Waals surface area contributed by atoms with Crippen molar-refractivity contribution >= 4 is 74.3 Å². The SMILES string of the molecule is O=C(CCCN1C(=O)C(=Cc2ccccc2)SC1=S)Nc1ncc(Cc2ccccc2Cl)s1. The molecule has 5 nitrogen and oxygen atoms in total. The zero-order valence-electron chi connectivity index (χ0n) is 17.5. The standard InChI is InChI=1S/C24H20ClN3O2S3/c25-19-10-5-4-9-17(19)14-18-15-26-23(32-18)27-21(29)11-6-12-28-22(30)20(33-24(28)31)13-16-7-2-1-3-8-16/h1-5,7-10,13,15H,6,11-12,14H2,(H,26,27,29). The summed E-state index contributed by atoms with van der Waals surface area (Å²) in [5.41, 5.74) is 1.97. The Balaban J connectivity index is 1.26. The normalized spacial score (nSPS) is 14.8. The lowest BCUT2D eigenvalue weighted by molar-refractivity contribution is -0.122. The summed E-state index contributed by atoms with van der Waals surface area (Å²) >= 11 is 14.3. The number of aromatic nitrogens is 1. The van der Waals surface area contributed by atoms with Crippen LogP contribution in [-0.2, 0) is 16.0 Å². The molecule has 0 radical (unpaired) electrons. The molecule has 2 amide bonds. The van der Waals surface area contributed by atoms with Gasteiger partial charge in [-0.2, -0.15) is 0 Å². The maximum absolute atomic E-state index is 12.7. The molecule has 1 N–H and O–H groups in total. The van der Waals surface area contributed by atoms with Crippen molar-refractivity contribution in [3.8, 4) is 0 Å². The fourth-order valence-corrected chi connectivity index (χ4v) is 5.61. The molecule has 1 aliphatic rings. The van der Waals surface area contributed by atoms with Gasteiger partial charge in [0.15, 0.2) is 5.13 Å². The van der Waals surface area contributed by atoms with Gasteiger partial charge in [0.25, 0.3) is 5.91 Å². The van der Waals surface area contributed by atoms with Crippen LogP contribution in [0, 0.1) is 0 Å². The summed E-state index contributed by atoms with van der Waals surface area (Å²) in [4.78, 5) is 32.5. The molecule has 1 saturated heterocycles. The number of nitrogens with one attached hydrogen (secondary N) is 1. The van der Waals surface area contributed by atoms with Crippen molar-refractivity contribution < 1.29 is 9.59 Å². The highest BCUT2D eigenvalue weighted by atomic mass is 35.5. The summed E-state index contributed by atoms with van der Waals surface area (Å²) < 4.78 is 0.520. The number of carbonyl (C=O) groups excluding carboxylic acids is 2. The van der Waals surface area contributed by atoms with Crippen molar-refractivity contribution in [1.29, 1.82) is 0 Å². The van der Waals surface area contributed by atoms with Crippen molar-refractivity contribution in [2.24, 2.45) is 0 Å². The van der Waals surface area contributed by atoms with Crippen LogP contribution in [0.2, 0.25) is 5.02 Å². The quantitative estimate of drug-likeness (QED) is 0.295. The Morgan fingerprint density at radius 3 is 2.70 bits per heavy atom. The summed E-state index contributed by atoms with van der Waals surface area (Å²) in [5, 5.41) is 4.10. The molecule has 3 aromatic rings. The van der Waals surface area contributed by atoms with E-state index in [1.54, 1.807) is 11.1 Å². The number of nitrogens with zero attached hydrogens (tertiary/aromatic N) is 2. The fourth-order valence-electron chi connectivity index (χ4n) is 3.25. The second kappa shape index (κ2) is 11.1. The van der Waals surface area contributed by atoms with Gasteiger partial charge in [0, 0.05) is 35.5 Å². The Labute approximate surface area is 210 Å². The molecule has 0 unspecified atom stereocenters. The van der Waals surface area contributed by atoms with E-state index in [9.17, 15) is 9.59 Å². The van der Waals surface area contributed by atoms with Crippen LogP contribution in [-0.4, -0.2) is 32.6 Å². The number of anilines is 1. The molecular formula is C24H20ClN3O2S3. The first-order valence-corrected chi connectivity index (χ1v) is 12.7. The smallest absolute Gasteiger partial charge is 0.266 e. The Bertz CT molecular complexity index is 1210. The number of thiocarbonyl (C=S) groups is 1. The molecule has 168 valence electrons. The molecule has 33 heavy (non-hydrogen) atoms. The van der Waals surface area contributed by atoms with Crippen molar-refractivity contribution in [2.45, 2.75) is 19.3 Å². The number of hydrogen-bond acceptors (Lipinski definition) is 6. The zero-order chi connectivity index (χ0) is 23.2. The van der Waals surface area contributed by atoms with E-state index in [-0.39, 0.29) is 18.2 Å². The molecule has 1 aliphatic heterocycles. The maximum Gasteiger partial charge on any atom is 0.266 e. The molecule has 1 aromatic heterocycles. The van der Waals surface area contributed by atoms with Gasteiger partial charge < -0.3 is 5.32 Å². The second-order valence-corrected chi connectivity index (χ2v) is 10.5. The molecule has 2 aromatic carbocycles. The summed E-state index contributed by atoms with van der Waals surface area (Å²) in [7, 11) is 0. The number of rotatable bonds is 8. The minimum Gasteiger partial charge on any atom is -0.302 e. The van der Waals surface area contributed by atoms with E-state index >= 15 is 0 Å². The number of thioether (sulfide) groups is 1. The van der Waals surface area contributed by atoms with Crippen LogP contribution >= 0.6 is 46.9 Å². The highest BCUT2D eigenvalue weighted by molar-refractivity contribution is 8.26. The predicted molar refractivity (Wildman–Crippen MR) is 141 cm³/mol. The molecule has 1 fully saturated rings. The van der Waals surface area contributed by atoms with Crippen LogP contribution in [0.25, 0.3) is 6.08 Å². The van der Waals surface area contributed by atoms with Crippen LogP contribution < -0.4 is 5.32 Å². The van der Waals surface area contributed by atoms with Crippen molar-refractivity contribution in [3.63, 3.8) is 0 Å². The van der Waals surface area contributed by atoms with E-state index in [2.05, 4.69) is 10.3 Å². The van der Waals surface area contributed by atoms with E-state index in [1.165, 1.54) is 23.1 Å². The van der Waals surface area contributed by atoms with E-state index in [4.69, 9.17) is 23.8 Å². The van der Waals surface area contributed by atoms with Crippen molar-refractivity contribution in [1.82, 2.24) is 9.88 Å². The molecule has 4 rings (SSSR count). The van der Waals surface area contributed by atoms with Crippen LogP contribution in [0.5, 0.6) is 0 Å². The molecule has 2 heterocycles. The lowest BCUT2D eigenvalue weighted by Gasteiger charge is -2.13. The lowest BCUT2D eigenvalue weighted by Crippen LogP contribution is -2.29. The Morgan fingerprint density at radius 2 is 1.91 bits per heavy atom. The third-order valence-electron chi connectivity index (χ3n) is 4.88. The van der Waals surface area contributed by atoms with Gasteiger partial charge >= 0.3 is 0 Å². The van der Waals surface area contributed by atoms with Gasteiger partial charge in [0.1, 0.15) is 4.32 Å². The van der Waals surface area contributed by atoms with Gasteiger partial charge in [-0.3, -0.25) is 14.5 Å². The van der Waals surface area contributed by atoms with Gasteiger partial charge in [-0.05, 0) is 29.7 Å².